The van der Waals surface area contributed by atoms with Crippen LogP contribution < -0.4 is 4.74 Å². The van der Waals surface area contributed by atoms with Gasteiger partial charge in [0.15, 0.2) is 0 Å². The highest BCUT2D eigenvalue weighted by atomic mass is 79.9. The molecule has 0 aliphatic heterocycles. The molecule has 16 heavy (non-hydrogen) atoms. The van der Waals surface area contributed by atoms with Gasteiger partial charge >= 0.3 is 5.97 Å². The molecule has 0 bridgehead atoms. The number of rotatable bonds is 2. The van der Waals surface area contributed by atoms with E-state index in [2.05, 4.69) is 21.1 Å². The maximum absolute atomic E-state index is 11.6. The van der Waals surface area contributed by atoms with Crippen molar-refractivity contribution in [2.45, 2.75) is 6.92 Å². The number of ether oxygens (including phenoxy) is 1. The second-order valence-corrected chi connectivity index (χ2v) is 4.05. The van der Waals surface area contributed by atoms with Gasteiger partial charge in [0.25, 0.3) is 0 Å². The molecule has 1 aromatic heterocycles. The van der Waals surface area contributed by atoms with E-state index in [1.165, 1.54) is 6.20 Å². The van der Waals surface area contributed by atoms with Crippen molar-refractivity contribution >= 4 is 21.9 Å². The Morgan fingerprint density at radius 3 is 2.62 bits per heavy atom. The Labute approximate surface area is 100 Å². The highest BCUT2D eigenvalue weighted by Crippen LogP contribution is 2.18. The van der Waals surface area contributed by atoms with E-state index in [0.29, 0.717) is 17.1 Å². The predicted molar refractivity (Wildman–Crippen MR) is 60.3 cm³/mol. The second-order valence-electron chi connectivity index (χ2n) is 3.14. The fourth-order valence-electron chi connectivity index (χ4n) is 1.16. The third-order valence-electron chi connectivity index (χ3n) is 1.99. The first-order chi connectivity index (χ1) is 7.66. The van der Waals surface area contributed by atoms with E-state index in [-0.39, 0.29) is 0 Å². The Hall–Kier alpha value is -1.62. The van der Waals surface area contributed by atoms with Crippen molar-refractivity contribution in [2.75, 3.05) is 0 Å². The van der Waals surface area contributed by atoms with Crippen LogP contribution in [0.25, 0.3) is 0 Å². The van der Waals surface area contributed by atoms with Crippen molar-refractivity contribution < 1.29 is 14.1 Å². The molecule has 0 saturated heterocycles. The van der Waals surface area contributed by atoms with Gasteiger partial charge in [-0.2, -0.15) is 0 Å². The van der Waals surface area contributed by atoms with Crippen molar-refractivity contribution in [1.82, 2.24) is 5.16 Å². The number of aryl methyl sites for hydroxylation is 1. The summed E-state index contributed by atoms with van der Waals surface area (Å²) in [5.41, 5.74) is 0.336. The number of halogens is 1. The number of carbonyl (C=O) groups is 1. The minimum Gasteiger partial charge on any atom is -0.423 e. The Bertz CT molecular complexity index is 504. The van der Waals surface area contributed by atoms with Crippen molar-refractivity contribution in [1.29, 1.82) is 0 Å². The molecule has 2 aromatic rings. The third-order valence-corrected chi connectivity index (χ3v) is 2.52. The molecule has 1 heterocycles. The van der Waals surface area contributed by atoms with Gasteiger partial charge in [0.1, 0.15) is 17.1 Å². The molecule has 0 unspecified atom stereocenters. The van der Waals surface area contributed by atoms with Crippen molar-refractivity contribution in [2.24, 2.45) is 0 Å². The summed E-state index contributed by atoms with van der Waals surface area (Å²) in [7, 11) is 0. The van der Waals surface area contributed by atoms with Gasteiger partial charge in [-0.05, 0) is 31.2 Å². The van der Waals surface area contributed by atoms with E-state index >= 15 is 0 Å². The third kappa shape index (κ3) is 2.30. The lowest BCUT2D eigenvalue weighted by Gasteiger charge is -2.02. The smallest absolute Gasteiger partial charge is 0.348 e. The molecule has 0 aliphatic rings. The zero-order chi connectivity index (χ0) is 11.5. The van der Waals surface area contributed by atoms with Gasteiger partial charge in [-0.3, -0.25) is 0 Å². The van der Waals surface area contributed by atoms with Crippen LogP contribution in [0.3, 0.4) is 0 Å². The topological polar surface area (TPSA) is 52.3 Å². The normalized spacial score (nSPS) is 10.1. The summed E-state index contributed by atoms with van der Waals surface area (Å²) < 4.78 is 10.8. The van der Waals surface area contributed by atoms with E-state index in [4.69, 9.17) is 9.26 Å². The van der Waals surface area contributed by atoms with Crippen LogP contribution in [0.15, 0.2) is 39.5 Å². The molecule has 0 amide bonds. The van der Waals surface area contributed by atoms with Crippen LogP contribution in [0.5, 0.6) is 5.75 Å². The lowest BCUT2D eigenvalue weighted by Crippen LogP contribution is -2.08. The van der Waals surface area contributed by atoms with Gasteiger partial charge < -0.3 is 9.26 Å². The maximum atomic E-state index is 11.6. The van der Waals surface area contributed by atoms with E-state index in [1.807, 2.05) is 0 Å². The number of hydrogen-bond acceptors (Lipinski definition) is 4. The number of aromatic nitrogens is 1. The number of esters is 1. The van der Waals surface area contributed by atoms with Crippen LogP contribution in [0, 0.1) is 6.92 Å². The summed E-state index contributed by atoms with van der Waals surface area (Å²) in [4.78, 5) is 11.6. The molecule has 0 aliphatic carbocycles. The Kier molecular flexibility index (Phi) is 3.05. The summed E-state index contributed by atoms with van der Waals surface area (Å²) in [6.45, 7) is 1.66. The number of benzene rings is 1. The molecule has 1 aromatic carbocycles. The zero-order valence-electron chi connectivity index (χ0n) is 8.44. The maximum Gasteiger partial charge on any atom is 0.348 e. The standard InChI is InChI=1S/C11H8BrNO3/c1-7-10(6-13-16-7)11(14)15-9-4-2-8(12)3-5-9/h2-6H,1H3. The summed E-state index contributed by atoms with van der Waals surface area (Å²) in [6.07, 6.45) is 1.34. The van der Waals surface area contributed by atoms with Gasteiger partial charge in [-0.15, -0.1) is 0 Å². The number of hydrogen-bond donors (Lipinski definition) is 0. The van der Waals surface area contributed by atoms with Gasteiger partial charge in [-0.25, -0.2) is 4.79 Å². The van der Waals surface area contributed by atoms with E-state index in [1.54, 1.807) is 31.2 Å². The number of nitrogens with zero attached hydrogens (tertiary/aromatic N) is 1. The van der Waals surface area contributed by atoms with Gasteiger partial charge in [0, 0.05) is 4.47 Å². The molecule has 5 heteroatoms. The molecule has 2 rings (SSSR count). The SMILES string of the molecule is Cc1oncc1C(=O)Oc1ccc(Br)cc1. The highest BCUT2D eigenvalue weighted by molar-refractivity contribution is 9.10. The zero-order valence-corrected chi connectivity index (χ0v) is 10.0. The van der Waals surface area contributed by atoms with E-state index < -0.39 is 5.97 Å². The average Bonchev–Trinajstić information content (AvgIpc) is 2.68. The summed E-state index contributed by atoms with van der Waals surface area (Å²) in [5, 5.41) is 3.52. The largest absolute Gasteiger partial charge is 0.423 e. The lowest BCUT2D eigenvalue weighted by atomic mass is 10.3. The summed E-state index contributed by atoms with van der Waals surface area (Å²) in [5.74, 6) is 0.456. The molecule has 82 valence electrons. The minimum atomic E-state index is -0.471. The second kappa shape index (κ2) is 4.49. The lowest BCUT2D eigenvalue weighted by molar-refractivity contribution is 0.0733. The van der Waals surface area contributed by atoms with Crippen LogP contribution in [0.2, 0.25) is 0 Å². The number of carbonyl (C=O) groups excluding carboxylic acids is 1. The van der Waals surface area contributed by atoms with Crippen molar-refractivity contribution in [3.05, 3.63) is 46.3 Å². The first-order valence-electron chi connectivity index (χ1n) is 4.56. The molecule has 4 nitrogen and oxygen atoms in total. The van der Waals surface area contributed by atoms with Crippen LogP contribution >= 0.6 is 15.9 Å². The molecule has 0 fully saturated rings. The van der Waals surface area contributed by atoms with Crippen LogP contribution in [-0.4, -0.2) is 11.1 Å². The monoisotopic (exact) mass is 281 g/mol. The molecule has 0 radical (unpaired) electrons. The molecule has 0 spiro atoms. The molecular formula is C11H8BrNO3. The van der Waals surface area contributed by atoms with Crippen molar-refractivity contribution in [3.63, 3.8) is 0 Å². The highest BCUT2D eigenvalue weighted by Gasteiger charge is 2.14. The molecular weight excluding hydrogens is 274 g/mol. The first-order valence-corrected chi connectivity index (χ1v) is 5.35. The van der Waals surface area contributed by atoms with Gasteiger partial charge in [-0.1, -0.05) is 21.1 Å². The fraction of sp³-hybridized carbons (Fsp3) is 0.0909. The molecule has 0 atom stereocenters. The quantitative estimate of drug-likeness (QED) is 0.627. The Morgan fingerprint density at radius 2 is 2.06 bits per heavy atom. The van der Waals surface area contributed by atoms with Crippen LogP contribution in [0.1, 0.15) is 16.1 Å². The minimum absolute atomic E-state index is 0.336. The van der Waals surface area contributed by atoms with E-state index in [9.17, 15) is 4.79 Å². The summed E-state index contributed by atoms with van der Waals surface area (Å²) in [6, 6.07) is 6.99. The van der Waals surface area contributed by atoms with Crippen molar-refractivity contribution in [3.8, 4) is 5.75 Å². The summed E-state index contributed by atoms with van der Waals surface area (Å²) >= 11 is 3.30. The van der Waals surface area contributed by atoms with E-state index in [0.717, 1.165) is 4.47 Å². The molecule has 0 N–H and O–H groups in total. The fourth-order valence-corrected chi connectivity index (χ4v) is 1.42. The van der Waals surface area contributed by atoms with Gasteiger partial charge in [0.2, 0.25) is 0 Å². The molecule has 0 saturated carbocycles. The Morgan fingerprint density at radius 1 is 1.38 bits per heavy atom. The van der Waals surface area contributed by atoms with Crippen LogP contribution in [-0.2, 0) is 0 Å². The Balaban J connectivity index is 2.14. The average molecular weight is 282 g/mol. The van der Waals surface area contributed by atoms with Gasteiger partial charge in [0.05, 0.1) is 6.20 Å². The predicted octanol–water partition coefficient (Wildman–Crippen LogP) is 2.96. The first kappa shape index (κ1) is 10.9. The van der Waals surface area contributed by atoms with Crippen LogP contribution in [0.4, 0.5) is 0 Å².